The molecule has 0 aromatic carbocycles. The number of carbonyl (C=O) groups is 2. The topological polar surface area (TPSA) is 95.4 Å². The third-order valence-corrected chi connectivity index (χ3v) is 5.61. The van der Waals surface area contributed by atoms with Gasteiger partial charge in [0.25, 0.3) is 5.91 Å². The Kier molecular flexibility index (Phi) is 4.93. The Hall–Kier alpha value is -1.84. The first kappa shape index (κ1) is 17.0. The van der Waals surface area contributed by atoms with Crippen LogP contribution in [0.5, 0.6) is 0 Å². The molecule has 7 nitrogen and oxygen atoms in total. The maximum Gasteiger partial charge on any atom is 0.282 e. The summed E-state index contributed by atoms with van der Waals surface area (Å²) in [7, 11) is 0. The van der Waals surface area contributed by atoms with Crippen LogP contribution in [0.2, 0.25) is 0 Å². The molecule has 128 valence electrons. The molecule has 2 aromatic rings. The number of hydrogen-bond acceptors (Lipinski definition) is 7. The third kappa shape index (κ3) is 3.63. The normalized spacial score (nSPS) is 17.8. The zero-order valence-electron chi connectivity index (χ0n) is 13.4. The molecule has 0 saturated carbocycles. The number of nitrogens with zero attached hydrogens (tertiary/aromatic N) is 3. The second kappa shape index (κ2) is 6.96. The van der Waals surface area contributed by atoms with Crippen molar-refractivity contribution in [1.82, 2.24) is 14.9 Å². The van der Waals surface area contributed by atoms with Gasteiger partial charge in [-0.05, 0) is 19.8 Å². The summed E-state index contributed by atoms with van der Waals surface area (Å²) in [6.07, 6.45) is 1.09. The van der Waals surface area contributed by atoms with Crippen LogP contribution in [0.15, 0.2) is 5.38 Å². The van der Waals surface area contributed by atoms with E-state index < -0.39 is 6.10 Å². The van der Waals surface area contributed by atoms with Crippen LogP contribution in [-0.4, -0.2) is 51.0 Å². The lowest BCUT2D eigenvalue weighted by molar-refractivity contribution is -0.114. The molecule has 1 fully saturated rings. The fourth-order valence-corrected chi connectivity index (χ4v) is 4.41. The summed E-state index contributed by atoms with van der Waals surface area (Å²) in [4.78, 5) is 34.9. The van der Waals surface area contributed by atoms with E-state index in [2.05, 4.69) is 15.3 Å². The maximum atomic E-state index is 12.5. The number of rotatable bonds is 3. The van der Waals surface area contributed by atoms with Crippen molar-refractivity contribution in [2.24, 2.45) is 0 Å². The maximum absolute atomic E-state index is 12.5. The van der Waals surface area contributed by atoms with Crippen molar-refractivity contribution in [2.75, 3.05) is 18.4 Å². The molecular weight excluding hydrogens is 348 g/mol. The molecule has 1 aliphatic heterocycles. The number of aromatic nitrogens is 2. The van der Waals surface area contributed by atoms with E-state index >= 15 is 0 Å². The minimum atomic E-state index is -0.453. The highest BCUT2D eigenvalue weighted by Gasteiger charge is 2.25. The Balaban J connectivity index is 1.79. The molecule has 3 heterocycles. The van der Waals surface area contributed by atoms with Crippen molar-refractivity contribution in [3.05, 3.63) is 16.1 Å². The van der Waals surface area contributed by atoms with Gasteiger partial charge in [0.1, 0.15) is 0 Å². The number of aliphatic hydroxyl groups excluding tert-OH is 1. The molecule has 2 amide bonds. The van der Waals surface area contributed by atoms with Crippen molar-refractivity contribution in [2.45, 2.75) is 32.8 Å². The fourth-order valence-electron chi connectivity index (χ4n) is 2.59. The lowest BCUT2D eigenvalue weighted by Crippen LogP contribution is -2.42. The molecular formula is C15H18N4O3S2. The van der Waals surface area contributed by atoms with E-state index in [1.165, 1.54) is 29.6 Å². The molecule has 0 spiro atoms. The first-order valence-corrected chi connectivity index (χ1v) is 9.32. The molecule has 1 saturated heterocycles. The van der Waals surface area contributed by atoms with Gasteiger partial charge >= 0.3 is 0 Å². The summed E-state index contributed by atoms with van der Waals surface area (Å²) in [6, 6.07) is 0. The van der Waals surface area contributed by atoms with Gasteiger partial charge < -0.3 is 15.3 Å². The summed E-state index contributed by atoms with van der Waals surface area (Å²) in [5.41, 5.74) is 1.45. The number of anilines is 1. The average molecular weight is 366 g/mol. The minimum Gasteiger partial charge on any atom is -0.391 e. The lowest BCUT2D eigenvalue weighted by atomic mass is 10.1. The van der Waals surface area contributed by atoms with Crippen LogP contribution < -0.4 is 5.32 Å². The van der Waals surface area contributed by atoms with E-state index in [-0.39, 0.29) is 11.8 Å². The summed E-state index contributed by atoms with van der Waals surface area (Å²) in [5, 5.41) is 15.1. The molecule has 0 radical (unpaired) electrons. The Morgan fingerprint density at radius 2 is 2.21 bits per heavy atom. The van der Waals surface area contributed by atoms with Gasteiger partial charge in [0.05, 0.1) is 22.4 Å². The summed E-state index contributed by atoms with van der Waals surface area (Å²) in [5.74, 6) is -0.317. The quantitative estimate of drug-likeness (QED) is 0.868. The van der Waals surface area contributed by atoms with Crippen LogP contribution in [0.4, 0.5) is 5.13 Å². The highest BCUT2D eigenvalue weighted by Crippen LogP contribution is 2.33. The lowest BCUT2D eigenvalue weighted by Gasteiger charge is -2.29. The number of hydrogen-bond donors (Lipinski definition) is 2. The Labute approximate surface area is 147 Å². The van der Waals surface area contributed by atoms with Gasteiger partial charge in [-0.15, -0.1) is 11.3 Å². The second-order valence-electron chi connectivity index (χ2n) is 5.70. The zero-order valence-corrected chi connectivity index (χ0v) is 15.0. The molecule has 9 heteroatoms. The van der Waals surface area contributed by atoms with E-state index in [1.54, 1.807) is 4.90 Å². The molecule has 2 N–H and O–H groups in total. The highest BCUT2D eigenvalue weighted by atomic mass is 32.1. The summed E-state index contributed by atoms with van der Waals surface area (Å²) < 4.78 is 0. The van der Waals surface area contributed by atoms with Crippen LogP contribution in [-0.2, 0) is 4.79 Å². The first-order chi connectivity index (χ1) is 11.4. The first-order valence-electron chi connectivity index (χ1n) is 7.62. The third-order valence-electron chi connectivity index (χ3n) is 3.68. The van der Waals surface area contributed by atoms with Gasteiger partial charge in [-0.3, -0.25) is 9.59 Å². The molecule has 1 unspecified atom stereocenters. The molecule has 2 aromatic heterocycles. The minimum absolute atomic E-state index is 0.144. The van der Waals surface area contributed by atoms with Gasteiger partial charge in [-0.1, -0.05) is 11.3 Å². The zero-order chi connectivity index (χ0) is 17.3. The summed E-state index contributed by atoms with van der Waals surface area (Å²) >= 11 is 2.62. The van der Waals surface area contributed by atoms with Crippen molar-refractivity contribution in [1.29, 1.82) is 0 Å². The standard InChI is InChI=1S/C15H18N4O3S2/c1-8-12(24-15(16-8)17-9(2)20)11-7-23-13(18-11)14(22)19-5-3-4-10(21)6-19/h7,10,21H,3-6H2,1-2H3,(H,16,17,20). The van der Waals surface area contributed by atoms with Crippen LogP contribution in [0.25, 0.3) is 10.6 Å². The van der Waals surface area contributed by atoms with Crippen LogP contribution in [0.1, 0.15) is 35.3 Å². The van der Waals surface area contributed by atoms with Crippen LogP contribution in [0, 0.1) is 6.92 Å². The smallest absolute Gasteiger partial charge is 0.282 e. The van der Waals surface area contributed by atoms with Crippen molar-refractivity contribution in [3.63, 3.8) is 0 Å². The van der Waals surface area contributed by atoms with Gasteiger partial charge in [0.2, 0.25) is 5.91 Å². The van der Waals surface area contributed by atoms with Gasteiger partial charge in [-0.2, -0.15) is 0 Å². The predicted octanol–water partition coefficient (Wildman–Crippen LogP) is 2.13. The number of likely N-dealkylation sites (tertiary alicyclic amines) is 1. The number of aliphatic hydroxyl groups is 1. The Morgan fingerprint density at radius 1 is 1.42 bits per heavy atom. The molecule has 3 rings (SSSR count). The number of piperidine rings is 1. The van der Waals surface area contributed by atoms with Crippen LogP contribution >= 0.6 is 22.7 Å². The fraction of sp³-hybridized carbons (Fsp3) is 0.467. The monoisotopic (exact) mass is 366 g/mol. The van der Waals surface area contributed by atoms with Crippen molar-refractivity contribution < 1.29 is 14.7 Å². The molecule has 24 heavy (non-hydrogen) atoms. The summed E-state index contributed by atoms with van der Waals surface area (Å²) in [6.45, 7) is 4.29. The van der Waals surface area contributed by atoms with E-state index in [1.807, 2.05) is 12.3 Å². The van der Waals surface area contributed by atoms with Crippen molar-refractivity contribution >= 4 is 39.6 Å². The van der Waals surface area contributed by atoms with Gasteiger partial charge in [0, 0.05) is 25.4 Å². The number of nitrogens with one attached hydrogen (secondary N) is 1. The van der Waals surface area contributed by atoms with E-state index in [0.29, 0.717) is 28.9 Å². The molecule has 0 bridgehead atoms. The Morgan fingerprint density at radius 3 is 2.92 bits per heavy atom. The van der Waals surface area contributed by atoms with Gasteiger partial charge in [0.15, 0.2) is 10.1 Å². The van der Waals surface area contributed by atoms with Crippen LogP contribution in [0.3, 0.4) is 0 Å². The second-order valence-corrected chi connectivity index (χ2v) is 7.56. The predicted molar refractivity (Wildman–Crippen MR) is 93.4 cm³/mol. The number of β-amino-alcohol motifs (C(OH)–C–C–N with tert-alkyl or cyclic N) is 1. The molecule has 0 aliphatic carbocycles. The van der Waals surface area contributed by atoms with E-state index in [0.717, 1.165) is 23.4 Å². The average Bonchev–Trinajstić information content (AvgIpc) is 3.12. The van der Waals surface area contributed by atoms with Crippen molar-refractivity contribution in [3.8, 4) is 10.6 Å². The number of thiazole rings is 2. The Bertz CT molecular complexity index is 771. The highest BCUT2D eigenvalue weighted by molar-refractivity contribution is 7.19. The molecule has 1 aliphatic rings. The number of carbonyl (C=O) groups excluding carboxylic acids is 2. The van der Waals surface area contributed by atoms with E-state index in [9.17, 15) is 14.7 Å². The SMILES string of the molecule is CC(=O)Nc1nc(C)c(-c2csc(C(=O)N3CCCC(O)C3)n2)s1. The number of aryl methyl sites for hydroxylation is 1. The van der Waals surface area contributed by atoms with Gasteiger partial charge in [-0.25, -0.2) is 9.97 Å². The molecule has 1 atom stereocenters. The van der Waals surface area contributed by atoms with E-state index in [4.69, 9.17) is 0 Å². The largest absolute Gasteiger partial charge is 0.391 e. The number of amides is 2.